The monoisotopic (exact) mass is 335 g/mol. The molecule has 1 aliphatic rings. The number of piperidine rings is 1. The molecule has 2 aromatic heterocycles. The fourth-order valence-electron chi connectivity index (χ4n) is 3.41. The van der Waals surface area contributed by atoms with E-state index < -0.39 is 6.10 Å². The average molecular weight is 335 g/mol. The number of likely N-dealkylation sites (tertiary alicyclic amines) is 1. The summed E-state index contributed by atoms with van der Waals surface area (Å²) in [5.41, 5.74) is 2.82. The quantitative estimate of drug-likeness (QED) is 0.800. The van der Waals surface area contributed by atoms with Crippen LogP contribution in [0, 0.1) is 0 Å². The second-order valence-electron chi connectivity index (χ2n) is 6.50. The molecule has 5 nitrogen and oxygen atoms in total. The van der Waals surface area contributed by atoms with Crippen molar-refractivity contribution in [3.05, 3.63) is 71.7 Å². The lowest BCUT2D eigenvalue weighted by Crippen LogP contribution is -2.35. The van der Waals surface area contributed by atoms with Crippen molar-refractivity contribution in [2.45, 2.75) is 25.4 Å². The largest absolute Gasteiger partial charge is 0.382 e. The van der Waals surface area contributed by atoms with Crippen LogP contribution in [0.3, 0.4) is 0 Å². The fourth-order valence-corrected chi connectivity index (χ4v) is 3.41. The SMILES string of the molecule is O=C(c1ccc2ncc(C(O)c3ccccc3)n2c1)N1CCCCC1. The van der Waals surface area contributed by atoms with Crippen LogP contribution in [0.25, 0.3) is 5.65 Å². The van der Waals surface area contributed by atoms with Crippen LogP contribution in [-0.4, -0.2) is 38.4 Å². The molecule has 1 amide bonds. The van der Waals surface area contributed by atoms with Crippen LogP contribution in [0.2, 0.25) is 0 Å². The normalized spacial score (nSPS) is 16.1. The zero-order chi connectivity index (χ0) is 17.2. The molecule has 1 aromatic carbocycles. The summed E-state index contributed by atoms with van der Waals surface area (Å²) < 4.78 is 1.81. The number of carbonyl (C=O) groups excluding carboxylic acids is 1. The Morgan fingerprint density at radius 1 is 1.04 bits per heavy atom. The average Bonchev–Trinajstić information content (AvgIpc) is 3.11. The van der Waals surface area contributed by atoms with E-state index in [1.807, 2.05) is 51.8 Å². The van der Waals surface area contributed by atoms with E-state index in [9.17, 15) is 9.90 Å². The molecule has 1 unspecified atom stereocenters. The van der Waals surface area contributed by atoms with E-state index >= 15 is 0 Å². The second-order valence-corrected chi connectivity index (χ2v) is 6.50. The van der Waals surface area contributed by atoms with Gasteiger partial charge >= 0.3 is 0 Å². The van der Waals surface area contributed by atoms with Gasteiger partial charge in [0.15, 0.2) is 0 Å². The minimum absolute atomic E-state index is 0.0513. The summed E-state index contributed by atoms with van der Waals surface area (Å²) in [4.78, 5) is 19.0. The first-order chi connectivity index (χ1) is 12.2. The number of hydrogen-bond donors (Lipinski definition) is 1. The Kier molecular flexibility index (Phi) is 4.24. The fraction of sp³-hybridized carbons (Fsp3) is 0.300. The predicted octanol–water partition coefficient (Wildman–Crippen LogP) is 3.04. The Labute approximate surface area is 146 Å². The van der Waals surface area contributed by atoms with Crippen molar-refractivity contribution in [2.75, 3.05) is 13.1 Å². The maximum absolute atomic E-state index is 12.7. The summed E-state index contributed by atoms with van der Waals surface area (Å²) in [6.07, 6.45) is 6.01. The van der Waals surface area contributed by atoms with Crippen molar-refractivity contribution < 1.29 is 9.90 Å². The molecule has 1 fully saturated rings. The number of hydrogen-bond acceptors (Lipinski definition) is 3. The van der Waals surface area contributed by atoms with Crippen molar-refractivity contribution in [3.63, 3.8) is 0 Å². The van der Waals surface area contributed by atoms with Gasteiger partial charge in [-0.2, -0.15) is 0 Å². The smallest absolute Gasteiger partial charge is 0.255 e. The van der Waals surface area contributed by atoms with Crippen LogP contribution in [0.15, 0.2) is 54.9 Å². The zero-order valence-electron chi connectivity index (χ0n) is 14.0. The van der Waals surface area contributed by atoms with E-state index in [2.05, 4.69) is 4.98 Å². The molecule has 128 valence electrons. The number of aliphatic hydroxyl groups is 1. The van der Waals surface area contributed by atoms with Gasteiger partial charge in [0.1, 0.15) is 11.8 Å². The number of rotatable bonds is 3. The number of amides is 1. The summed E-state index contributed by atoms with van der Waals surface area (Å²) in [5, 5.41) is 10.7. The standard InChI is InChI=1S/C20H21N3O2/c24-19(15-7-3-1-4-8-15)17-13-21-18-10-9-16(14-23(17)18)20(25)22-11-5-2-6-12-22/h1,3-4,7-10,13-14,19,24H,2,5-6,11-12H2. The highest BCUT2D eigenvalue weighted by atomic mass is 16.3. The molecule has 0 saturated carbocycles. The summed E-state index contributed by atoms with van der Waals surface area (Å²) in [5.74, 6) is 0.0513. The number of benzene rings is 1. The van der Waals surface area contributed by atoms with E-state index in [1.165, 1.54) is 6.42 Å². The molecule has 1 N–H and O–H groups in total. The second kappa shape index (κ2) is 6.69. The highest BCUT2D eigenvalue weighted by Crippen LogP contribution is 2.23. The minimum atomic E-state index is -0.781. The van der Waals surface area contributed by atoms with Gasteiger partial charge in [-0.1, -0.05) is 30.3 Å². The predicted molar refractivity (Wildman–Crippen MR) is 95.5 cm³/mol. The molecule has 1 atom stereocenters. The first-order valence-electron chi connectivity index (χ1n) is 8.73. The van der Waals surface area contributed by atoms with E-state index in [4.69, 9.17) is 0 Å². The highest BCUT2D eigenvalue weighted by molar-refractivity contribution is 5.94. The molecule has 0 spiro atoms. The van der Waals surface area contributed by atoms with Crippen molar-refractivity contribution >= 4 is 11.6 Å². The van der Waals surface area contributed by atoms with E-state index in [0.29, 0.717) is 11.3 Å². The first kappa shape index (κ1) is 15.8. The Balaban J connectivity index is 1.69. The van der Waals surface area contributed by atoms with Gasteiger partial charge in [0.25, 0.3) is 5.91 Å². The van der Waals surface area contributed by atoms with E-state index in [0.717, 1.165) is 37.1 Å². The molecular weight excluding hydrogens is 314 g/mol. The van der Waals surface area contributed by atoms with Crippen LogP contribution in [0.4, 0.5) is 0 Å². The molecular formula is C20H21N3O2. The summed E-state index contributed by atoms with van der Waals surface area (Å²) in [6.45, 7) is 1.64. The number of pyridine rings is 1. The van der Waals surface area contributed by atoms with E-state index in [1.54, 1.807) is 12.4 Å². The van der Waals surface area contributed by atoms with Gasteiger partial charge in [-0.3, -0.25) is 4.79 Å². The molecule has 5 heteroatoms. The maximum atomic E-state index is 12.7. The van der Waals surface area contributed by atoms with Crippen LogP contribution in [-0.2, 0) is 0 Å². The van der Waals surface area contributed by atoms with Gasteiger partial charge in [0.2, 0.25) is 0 Å². The minimum Gasteiger partial charge on any atom is -0.382 e. The molecule has 25 heavy (non-hydrogen) atoms. The van der Waals surface area contributed by atoms with Gasteiger partial charge in [-0.05, 0) is 37.0 Å². The van der Waals surface area contributed by atoms with Crippen molar-refractivity contribution in [1.82, 2.24) is 14.3 Å². The van der Waals surface area contributed by atoms with Crippen molar-refractivity contribution in [1.29, 1.82) is 0 Å². The highest BCUT2D eigenvalue weighted by Gasteiger charge is 2.20. The Morgan fingerprint density at radius 2 is 1.80 bits per heavy atom. The number of imidazole rings is 1. The Morgan fingerprint density at radius 3 is 2.56 bits per heavy atom. The number of fused-ring (bicyclic) bond motifs is 1. The van der Waals surface area contributed by atoms with Crippen LogP contribution in [0.1, 0.15) is 47.0 Å². The van der Waals surface area contributed by atoms with Crippen LogP contribution in [0.5, 0.6) is 0 Å². The lowest BCUT2D eigenvalue weighted by atomic mass is 10.1. The Bertz CT molecular complexity index is 882. The lowest BCUT2D eigenvalue weighted by molar-refractivity contribution is 0.0723. The van der Waals surface area contributed by atoms with E-state index in [-0.39, 0.29) is 5.91 Å². The van der Waals surface area contributed by atoms with Gasteiger partial charge in [-0.15, -0.1) is 0 Å². The van der Waals surface area contributed by atoms with Crippen molar-refractivity contribution in [3.8, 4) is 0 Å². The molecule has 0 radical (unpaired) electrons. The Hall–Kier alpha value is -2.66. The number of nitrogens with zero attached hydrogens (tertiary/aromatic N) is 3. The summed E-state index contributed by atoms with van der Waals surface area (Å²) in [6, 6.07) is 13.1. The van der Waals surface area contributed by atoms with Crippen LogP contribution >= 0.6 is 0 Å². The van der Waals surface area contributed by atoms with Gasteiger partial charge in [0, 0.05) is 19.3 Å². The number of carbonyl (C=O) groups is 1. The molecule has 3 aromatic rings. The van der Waals surface area contributed by atoms with Gasteiger partial charge in [-0.25, -0.2) is 4.98 Å². The molecule has 4 rings (SSSR count). The molecule has 3 heterocycles. The zero-order valence-corrected chi connectivity index (χ0v) is 14.0. The topological polar surface area (TPSA) is 57.8 Å². The maximum Gasteiger partial charge on any atom is 0.255 e. The third kappa shape index (κ3) is 3.03. The third-order valence-corrected chi connectivity index (χ3v) is 4.82. The molecule has 1 saturated heterocycles. The van der Waals surface area contributed by atoms with Crippen molar-refractivity contribution in [2.24, 2.45) is 0 Å². The lowest BCUT2D eigenvalue weighted by Gasteiger charge is -2.26. The molecule has 0 aliphatic carbocycles. The summed E-state index contributed by atoms with van der Waals surface area (Å²) >= 11 is 0. The van der Waals surface area contributed by atoms with Gasteiger partial charge < -0.3 is 14.4 Å². The molecule has 0 bridgehead atoms. The van der Waals surface area contributed by atoms with Gasteiger partial charge in [0.05, 0.1) is 17.5 Å². The number of aromatic nitrogens is 2. The number of aliphatic hydroxyl groups excluding tert-OH is 1. The third-order valence-electron chi connectivity index (χ3n) is 4.82. The molecule has 1 aliphatic heterocycles. The van der Waals surface area contributed by atoms with Crippen LogP contribution < -0.4 is 0 Å². The first-order valence-corrected chi connectivity index (χ1v) is 8.73. The summed E-state index contributed by atoms with van der Waals surface area (Å²) in [7, 11) is 0.